The summed E-state index contributed by atoms with van der Waals surface area (Å²) >= 11 is 0. The molecule has 2 saturated heterocycles. The zero-order valence-electron chi connectivity index (χ0n) is 26.0. The van der Waals surface area contributed by atoms with Gasteiger partial charge in [-0.05, 0) is 36.8 Å². The van der Waals surface area contributed by atoms with Gasteiger partial charge in [0.15, 0.2) is 5.69 Å². The zero-order chi connectivity index (χ0) is 33.6. The van der Waals surface area contributed by atoms with Crippen LogP contribution in [0.25, 0.3) is 0 Å². The van der Waals surface area contributed by atoms with Crippen LogP contribution < -0.4 is 15.0 Å². The van der Waals surface area contributed by atoms with Gasteiger partial charge in [0, 0.05) is 48.6 Å². The molecule has 1 N–H and O–H groups in total. The van der Waals surface area contributed by atoms with Gasteiger partial charge in [-0.25, -0.2) is 0 Å². The summed E-state index contributed by atoms with van der Waals surface area (Å²) in [6.45, 7) is 2.39. The topological polar surface area (TPSA) is 124 Å². The number of ether oxygens (including phenoxy) is 1. The number of fused-ring (bicyclic) bond motifs is 3. The fourth-order valence-electron chi connectivity index (χ4n) is 6.60. The van der Waals surface area contributed by atoms with Crippen molar-refractivity contribution in [2.45, 2.75) is 24.4 Å². The van der Waals surface area contributed by atoms with Crippen molar-refractivity contribution >= 4 is 29.1 Å². The summed E-state index contributed by atoms with van der Waals surface area (Å²) in [6, 6.07) is 18.7. The van der Waals surface area contributed by atoms with Gasteiger partial charge in [0.25, 0.3) is 17.7 Å². The third-order valence-corrected chi connectivity index (χ3v) is 9.24. The van der Waals surface area contributed by atoms with Gasteiger partial charge in [-0.3, -0.25) is 24.0 Å². The molecule has 0 unspecified atom stereocenters. The number of carbonyl (C=O) groups excluding carboxylic acids is 3. The molecular weight excluding hydrogens is 620 g/mol. The third kappa shape index (κ3) is 5.33. The lowest BCUT2D eigenvalue weighted by Crippen LogP contribution is -2.51. The van der Waals surface area contributed by atoms with Crippen LogP contribution in [0.15, 0.2) is 79.0 Å². The van der Waals surface area contributed by atoms with Crippen molar-refractivity contribution in [2.75, 3.05) is 50.1 Å². The Bertz CT molecular complexity index is 1940. The largest absolute Gasteiger partial charge is 0.495 e. The number of nitrogens with one attached hydrogen (secondary N) is 1. The maximum atomic E-state index is 15.4. The molecule has 0 saturated carbocycles. The van der Waals surface area contributed by atoms with Gasteiger partial charge in [0.2, 0.25) is 5.91 Å². The SMILES string of the molecule is COc1ccc(C(=O)Nc2cnn3c2C(=O)N(c2ccc(C(F)(F)c4ccccc4)cc2)[C@H]2CN(CC(=O)N4CCC4)C[C@@H]23)cc1C#N. The number of nitrogens with zero attached hydrogens (tertiary/aromatic N) is 6. The maximum absolute atomic E-state index is 15.4. The molecule has 2 atom stereocenters. The predicted octanol–water partition coefficient (Wildman–Crippen LogP) is 4.27. The minimum absolute atomic E-state index is 0.00939. The minimum Gasteiger partial charge on any atom is -0.495 e. The lowest BCUT2D eigenvalue weighted by molar-refractivity contribution is -0.135. The summed E-state index contributed by atoms with van der Waals surface area (Å²) in [5, 5.41) is 16.7. The van der Waals surface area contributed by atoms with Gasteiger partial charge in [-0.1, -0.05) is 42.5 Å². The predicted molar refractivity (Wildman–Crippen MR) is 171 cm³/mol. The molecule has 3 aliphatic rings. The fraction of sp³-hybridized carbons (Fsp3) is 0.286. The Kier molecular flexibility index (Phi) is 7.88. The van der Waals surface area contributed by atoms with Crippen molar-refractivity contribution in [1.29, 1.82) is 5.26 Å². The van der Waals surface area contributed by atoms with Crippen molar-refractivity contribution < 1.29 is 27.9 Å². The first-order chi connectivity index (χ1) is 23.2. The Labute approximate surface area is 274 Å². The van der Waals surface area contributed by atoms with E-state index in [1.165, 1.54) is 67.9 Å². The van der Waals surface area contributed by atoms with E-state index in [2.05, 4.69) is 10.4 Å². The van der Waals surface area contributed by atoms with Crippen LogP contribution in [0, 0.1) is 11.3 Å². The highest BCUT2D eigenvalue weighted by molar-refractivity contribution is 6.13. The summed E-state index contributed by atoms with van der Waals surface area (Å²) < 4.78 is 37.5. The number of aromatic nitrogens is 2. The average molecular weight is 652 g/mol. The molecule has 0 spiro atoms. The number of hydrogen-bond acceptors (Lipinski definition) is 7. The molecule has 11 nitrogen and oxygen atoms in total. The van der Waals surface area contributed by atoms with Gasteiger partial charge in [-0.2, -0.15) is 19.1 Å². The quantitative estimate of drug-likeness (QED) is 0.302. The summed E-state index contributed by atoms with van der Waals surface area (Å²) in [4.78, 5) is 45.9. The van der Waals surface area contributed by atoms with E-state index in [-0.39, 0.29) is 52.1 Å². The number of carbonyl (C=O) groups is 3. The Hall–Kier alpha value is -5.61. The van der Waals surface area contributed by atoms with Gasteiger partial charge in [0.05, 0.1) is 43.2 Å². The first kappa shape index (κ1) is 31.0. The number of nitriles is 1. The monoisotopic (exact) mass is 651 g/mol. The minimum atomic E-state index is -3.25. The number of rotatable bonds is 8. The third-order valence-electron chi connectivity index (χ3n) is 9.24. The first-order valence-electron chi connectivity index (χ1n) is 15.5. The van der Waals surface area contributed by atoms with E-state index in [1.54, 1.807) is 32.7 Å². The Morgan fingerprint density at radius 1 is 1.02 bits per heavy atom. The smallest absolute Gasteiger partial charge is 0.298 e. The number of benzene rings is 3. The molecule has 3 aliphatic heterocycles. The molecule has 0 aliphatic carbocycles. The molecule has 0 radical (unpaired) electrons. The van der Waals surface area contributed by atoms with Crippen molar-refractivity contribution in [2.24, 2.45) is 0 Å². The number of hydrogen-bond donors (Lipinski definition) is 1. The van der Waals surface area contributed by atoms with Crippen molar-refractivity contribution in [3.05, 3.63) is 107 Å². The molecule has 48 heavy (non-hydrogen) atoms. The van der Waals surface area contributed by atoms with Crippen LogP contribution in [0.4, 0.5) is 20.2 Å². The van der Waals surface area contributed by atoms with Gasteiger partial charge in [-0.15, -0.1) is 0 Å². The molecule has 3 aromatic carbocycles. The highest BCUT2D eigenvalue weighted by Gasteiger charge is 2.48. The number of methoxy groups -OCH3 is 1. The first-order valence-corrected chi connectivity index (χ1v) is 15.5. The highest BCUT2D eigenvalue weighted by Crippen LogP contribution is 2.41. The summed E-state index contributed by atoms with van der Waals surface area (Å²) in [5.74, 6) is -3.96. The lowest BCUT2D eigenvalue weighted by atomic mass is 9.99. The Morgan fingerprint density at radius 2 is 1.73 bits per heavy atom. The van der Waals surface area contributed by atoms with Crippen LogP contribution in [0.2, 0.25) is 0 Å². The standard InChI is InChI=1S/C35H31F2N7O4/c1-48-30-13-8-22(16-23(30)17-38)33(46)40-27-18-39-44-29-20-41(21-31(45)42-14-5-15-42)19-28(29)43(34(47)32(27)44)26-11-9-25(10-12-26)35(36,37)24-6-3-2-4-7-24/h2-4,6-13,16,18,28-29H,5,14-15,19-21H2,1H3,(H,40,46)/t28-,29-/m0/s1. The van der Waals surface area contributed by atoms with E-state index >= 15 is 8.78 Å². The number of anilines is 2. The Morgan fingerprint density at radius 3 is 2.40 bits per heavy atom. The van der Waals surface area contributed by atoms with Gasteiger partial charge < -0.3 is 19.9 Å². The van der Waals surface area contributed by atoms with E-state index in [0.717, 1.165) is 19.5 Å². The maximum Gasteiger partial charge on any atom is 0.298 e. The van der Waals surface area contributed by atoms with E-state index < -0.39 is 23.8 Å². The zero-order valence-corrected chi connectivity index (χ0v) is 26.0. The van der Waals surface area contributed by atoms with Crippen molar-refractivity contribution in [3.63, 3.8) is 0 Å². The van der Waals surface area contributed by atoms with Crippen LogP contribution in [0.5, 0.6) is 5.75 Å². The van der Waals surface area contributed by atoms with Crippen LogP contribution in [0.3, 0.4) is 0 Å². The van der Waals surface area contributed by atoms with E-state index in [9.17, 15) is 19.6 Å². The molecule has 4 heterocycles. The molecule has 7 rings (SSSR count). The summed E-state index contributed by atoms with van der Waals surface area (Å²) in [5.41, 5.74) is 0.661. The number of halogens is 2. The summed E-state index contributed by atoms with van der Waals surface area (Å²) in [7, 11) is 1.42. The molecular formula is C35H31F2N7O4. The number of amides is 3. The van der Waals surface area contributed by atoms with Gasteiger partial charge in [0.1, 0.15) is 11.8 Å². The molecule has 3 amide bonds. The molecule has 0 bridgehead atoms. The molecule has 2 fully saturated rings. The molecule has 1 aromatic heterocycles. The van der Waals surface area contributed by atoms with E-state index in [4.69, 9.17) is 4.74 Å². The fourth-order valence-corrected chi connectivity index (χ4v) is 6.60. The average Bonchev–Trinajstić information content (AvgIpc) is 3.68. The lowest BCUT2D eigenvalue weighted by Gasteiger charge is -2.37. The Balaban J connectivity index is 1.22. The van der Waals surface area contributed by atoms with E-state index in [0.29, 0.717) is 24.5 Å². The van der Waals surface area contributed by atoms with E-state index in [1.807, 2.05) is 11.0 Å². The second-order valence-electron chi connectivity index (χ2n) is 12.1. The molecule has 244 valence electrons. The molecule has 4 aromatic rings. The van der Waals surface area contributed by atoms with Crippen molar-refractivity contribution in [1.82, 2.24) is 19.6 Å². The number of alkyl halides is 2. The highest BCUT2D eigenvalue weighted by atomic mass is 19.3. The molecule has 13 heteroatoms. The van der Waals surface area contributed by atoms with Gasteiger partial charge >= 0.3 is 0 Å². The summed E-state index contributed by atoms with van der Waals surface area (Å²) in [6.07, 6.45) is 2.37. The number of likely N-dealkylation sites (tertiary alicyclic amines) is 2. The van der Waals surface area contributed by atoms with Crippen LogP contribution in [-0.2, 0) is 10.7 Å². The second kappa shape index (κ2) is 12.2. The normalized spacial score (nSPS) is 18.8. The van der Waals surface area contributed by atoms with Crippen molar-refractivity contribution in [3.8, 4) is 11.8 Å². The van der Waals surface area contributed by atoms with Crippen LogP contribution in [-0.4, -0.2) is 83.2 Å². The van der Waals surface area contributed by atoms with Crippen LogP contribution in [0.1, 0.15) is 50.0 Å². The second-order valence-corrected chi connectivity index (χ2v) is 12.1. The van der Waals surface area contributed by atoms with Crippen LogP contribution >= 0.6 is 0 Å².